The highest BCUT2D eigenvalue weighted by Gasteiger charge is 2.10. The van der Waals surface area contributed by atoms with Crippen molar-refractivity contribution in [2.24, 2.45) is 5.73 Å². The number of ether oxygens (including phenoxy) is 1. The number of nitrogens with one attached hydrogen (secondary N) is 1. The summed E-state index contributed by atoms with van der Waals surface area (Å²) in [6.45, 7) is 1.24. The molecule has 6 heteroatoms. The van der Waals surface area contributed by atoms with Gasteiger partial charge in [0.25, 0.3) is 11.8 Å². The zero-order chi connectivity index (χ0) is 16.8. The quantitative estimate of drug-likeness (QED) is 0.797. The highest BCUT2D eigenvalue weighted by Crippen LogP contribution is 2.15. The lowest BCUT2D eigenvalue weighted by Crippen LogP contribution is -2.22. The second kappa shape index (κ2) is 7.22. The van der Waals surface area contributed by atoms with Gasteiger partial charge in [-0.1, -0.05) is 12.1 Å². The Labute approximate surface area is 133 Å². The van der Waals surface area contributed by atoms with Gasteiger partial charge in [0.2, 0.25) is 0 Å². The third-order valence-electron chi connectivity index (χ3n) is 3.10. The van der Waals surface area contributed by atoms with Crippen LogP contribution in [0.1, 0.15) is 27.6 Å². The first-order valence-electron chi connectivity index (χ1n) is 6.90. The largest absolute Gasteiger partial charge is 0.484 e. The molecule has 0 aromatic heterocycles. The number of Topliss-reactive ketones (excluding diaryl/α,β-unsaturated/α-hetero) is 1. The average molecular weight is 312 g/mol. The minimum Gasteiger partial charge on any atom is -0.484 e. The van der Waals surface area contributed by atoms with Gasteiger partial charge in [-0.3, -0.25) is 14.4 Å². The Morgan fingerprint density at radius 2 is 1.70 bits per heavy atom. The van der Waals surface area contributed by atoms with Gasteiger partial charge in [-0.15, -0.1) is 0 Å². The van der Waals surface area contributed by atoms with Crippen LogP contribution < -0.4 is 15.8 Å². The first-order chi connectivity index (χ1) is 11.0. The number of anilines is 1. The van der Waals surface area contributed by atoms with Crippen LogP contribution in [0.2, 0.25) is 0 Å². The van der Waals surface area contributed by atoms with Crippen molar-refractivity contribution in [2.45, 2.75) is 6.92 Å². The van der Waals surface area contributed by atoms with Crippen LogP contribution in [0, 0.1) is 0 Å². The van der Waals surface area contributed by atoms with E-state index in [4.69, 9.17) is 10.5 Å². The first-order valence-corrected chi connectivity index (χ1v) is 6.90. The Morgan fingerprint density at radius 1 is 1.04 bits per heavy atom. The molecule has 0 saturated heterocycles. The summed E-state index contributed by atoms with van der Waals surface area (Å²) in [5, 5.41) is 2.57. The molecule has 2 rings (SSSR count). The predicted octanol–water partition coefficient (Wildman–Crippen LogP) is 2.01. The van der Waals surface area contributed by atoms with Crippen LogP contribution in [0.5, 0.6) is 5.75 Å². The summed E-state index contributed by atoms with van der Waals surface area (Å²) in [5.41, 5.74) is 6.37. The van der Waals surface area contributed by atoms with Crippen LogP contribution in [-0.2, 0) is 4.79 Å². The summed E-state index contributed by atoms with van der Waals surface area (Å²) in [5.74, 6) is -0.623. The van der Waals surface area contributed by atoms with Crippen molar-refractivity contribution >= 4 is 23.3 Å². The van der Waals surface area contributed by atoms with Gasteiger partial charge in [-0.25, -0.2) is 0 Å². The number of hydrogen-bond acceptors (Lipinski definition) is 4. The molecule has 3 N–H and O–H groups in total. The number of nitrogens with two attached hydrogens (primary N) is 1. The molecule has 0 atom stereocenters. The maximum absolute atomic E-state index is 11.9. The summed E-state index contributed by atoms with van der Waals surface area (Å²) in [4.78, 5) is 34.3. The minimum absolute atomic E-state index is 0.0441. The zero-order valence-corrected chi connectivity index (χ0v) is 12.5. The van der Waals surface area contributed by atoms with E-state index in [0.717, 1.165) is 0 Å². The molecule has 0 aliphatic heterocycles. The van der Waals surface area contributed by atoms with Crippen molar-refractivity contribution in [1.82, 2.24) is 0 Å². The Hall–Kier alpha value is -3.15. The van der Waals surface area contributed by atoms with Crippen LogP contribution in [0.25, 0.3) is 0 Å². The van der Waals surface area contributed by atoms with E-state index in [2.05, 4.69) is 5.32 Å². The Bertz CT molecular complexity index is 739. The highest BCUT2D eigenvalue weighted by atomic mass is 16.5. The number of ketones is 1. The third kappa shape index (κ3) is 4.41. The lowest BCUT2D eigenvalue weighted by atomic mass is 10.1. The Morgan fingerprint density at radius 3 is 2.30 bits per heavy atom. The maximum Gasteiger partial charge on any atom is 0.262 e. The Kier molecular flexibility index (Phi) is 5.09. The van der Waals surface area contributed by atoms with Crippen molar-refractivity contribution in [3.05, 3.63) is 59.7 Å². The lowest BCUT2D eigenvalue weighted by Gasteiger charge is -2.10. The van der Waals surface area contributed by atoms with E-state index in [1.54, 1.807) is 42.5 Å². The fourth-order valence-corrected chi connectivity index (χ4v) is 1.93. The molecule has 118 valence electrons. The topological polar surface area (TPSA) is 98.5 Å². The van der Waals surface area contributed by atoms with Crippen molar-refractivity contribution in [2.75, 3.05) is 11.9 Å². The molecule has 23 heavy (non-hydrogen) atoms. The van der Waals surface area contributed by atoms with Crippen LogP contribution in [0.4, 0.5) is 5.69 Å². The van der Waals surface area contributed by atoms with Crippen LogP contribution in [0.3, 0.4) is 0 Å². The van der Waals surface area contributed by atoms with Crippen LogP contribution in [0.15, 0.2) is 48.5 Å². The standard InChI is InChI=1S/C17H16N2O4/c1-11(20)12-6-8-13(9-7-12)23-10-16(21)19-15-5-3-2-4-14(15)17(18)22/h2-9H,10H2,1H3,(H2,18,22)(H,19,21). The van der Waals surface area contributed by atoms with E-state index in [-0.39, 0.29) is 18.0 Å². The Balaban J connectivity index is 1.95. The van der Waals surface area contributed by atoms with Gasteiger partial charge in [0.1, 0.15) is 5.75 Å². The molecule has 0 unspecified atom stereocenters. The summed E-state index contributed by atoms with van der Waals surface area (Å²) in [6.07, 6.45) is 0. The van der Waals surface area contributed by atoms with E-state index in [0.29, 0.717) is 17.0 Å². The van der Waals surface area contributed by atoms with Crippen LogP contribution in [-0.4, -0.2) is 24.2 Å². The molecule has 2 aromatic carbocycles. The van der Waals surface area contributed by atoms with E-state index in [9.17, 15) is 14.4 Å². The van der Waals surface area contributed by atoms with E-state index < -0.39 is 11.8 Å². The second-order valence-electron chi connectivity index (χ2n) is 4.83. The SMILES string of the molecule is CC(=O)c1ccc(OCC(=O)Nc2ccccc2C(N)=O)cc1. The van der Waals surface area contributed by atoms with Gasteiger partial charge in [0.15, 0.2) is 12.4 Å². The number of para-hydroxylation sites is 1. The average Bonchev–Trinajstić information content (AvgIpc) is 2.53. The first kappa shape index (κ1) is 16.2. The van der Waals surface area contributed by atoms with Gasteiger partial charge >= 0.3 is 0 Å². The summed E-state index contributed by atoms with van der Waals surface area (Å²) >= 11 is 0. The zero-order valence-electron chi connectivity index (χ0n) is 12.5. The van der Waals surface area contributed by atoms with Gasteiger partial charge in [0.05, 0.1) is 11.3 Å². The molecule has 0 saturated carbocycles. The molecular weight excluding hydrogens is 296 g/mol. The van der Waals surface area contributed by atoms with Crippen molar-refractivity contribution < 1.29 is 19.1 Å². The monoisotopic (exact) mass is 312 g/mol. The molecule has 0 aliphatic rings. The number of carbonyl (C=O) groups is 3. The molecule has 2 amide bonds. The lowest BCUT2D eigenvalue weighted by molar-refractivity contribution is -0.118. The number of primary amides is 1. The molecule has 2 aromatic rings. The molecule has 0 fully saturated rings. The molecule has 0 bridgehead atoms. The normalized spacial score (nSPS) is 9.96. The molecule has 0 heterocycles. The van der Waals surface area contributed by atoms with Gasteiger partial charge in [-0.2, -0.15) is 0 Å². The molecule has 6 nitrogen and oxygen atoms in total. The third-order valence-corrected chi connectivity index (χ3v) is 3.10. The fraction of sp³-hybridized carbons (Fsp3) is 0.118. The van der Waals surface area contributed by atoms with Crippen molar-refractivity contribution in [3.63, 3.8) is 0 Å². The summed E-state index contributed by atoms with van der Waals surface area (Å²) < 4.78 is 5.34. The highest BCUT2D eigenvalue weighted by molar-refractivity contribution is 6.03. The minimum atomic E-state index is -0.623. The number of hydrogen-bond donors (Lipinski definition) is 2. The van der Waals surface area contributed by atoms with Crippen LogP contribution >= 0.6 is 0 Å². The fourth-order valence-electron chi connectivity index (χ4n) is 1.93. The van der Waals surface area contributed by atoms with Gasteiger partial charge in [-0.05, 0) is 43.3 Å². The molecule has 0 radical (unpaired) electrons. The van der Waals surface area contributed by atoms with Crippen molar-refractivity contribution in [1.29, 1.82) is 0 Å². The summed E-state index contributed by atoms with van der Waals surface area (Å²) in [7, 11) is 0. The van der Waals surface area contributed by atoms with E-state index in [1.807, 2.05) is 0 Å². The van der Waals surface area contributed by atoms with Crippen molar-refractivity contribution in [3.8, 4) is 5.75 Å². The molecule has 0 spiro atoms. The maximum atomic E-state index is 11.9. The second-order valence-corrected chi connectivity index (χ2v) is 4.83. The van der Waals surface area contributed by atoms with Gasteiger partial charge in [0, 0.05) is 5.56 Å². The smallest absolute Gasteiger partial charge is 0.262 e. The van der Waals surface area contributed by atoms with E-state index in [1.165, 1.54) is 13.0 Å². The van der Waals surface area contributed by atoms with Gasteiger partial charge < -0.3 is 15.8 Å². The number of benzene rings is 2. The van der Waals surface area contributed by atoms with E-state index >= 15 is 0 Å². The number of carbonyl (C=O) groups excluding carboxylic acids is 3. The molecule has 0 aliphatic carbocycles. The predicted molar refractivity (Wildman–Crippen MR) is 85.5 cm³/mol. The molecular formula is C17H16N2O4. The number of rotatable bonds is 6. The summed E-state index contributed by atoms with van der Waals surface area (Å²) in [6, 6.07) is 12.9. The number of amides is 2.